The maximum Gasteiger partial charge on any atom is 0.119 e. The summed E-state index contributed by atoms with van der Waals surface area (Å²) >= 11 is 2.32. The van der Waals surface area contributed by atoms with Crippen LogP contribution in [0, 0.1) is 8.99 Å². The van der Waals surface area contributed by atoms with Crippen molar-refractivity contribution in [1.29, 1.82) is 0 Å². The second-order valence-corrected chi connectivity index (χ2v) is 6.59. The zero-order valence-corrected chi connectivity index (χ0v) is 14.2. The van der Waals surface area contributed by atoms with E-state index in [2.05, 4.69) is 72.9 Å². The Balaban J connectivity index is 2.06. The summed E-state index contributed by atoms with van der Waals surface area (Å²) in [6, 6.07) is 8.99. The van der Waals surface area contributed by atoms with Gasteiger partial charge in [-0.25, -0.2) is 0 Å². The standard InChI is InChI=1S/C16H24INO/c1-4-16(5-2)14(18-6-3)11-15(16)19-13-9-7-12(17)8-10-13/h7-10,14-15,18H,4-6,11H2,1-3H3. The lowest BCUT2D eigenvalue weighted by Gasteiger charge is -2.55. The van der Waals surface area contributed by atoms with Gasteiger partial charge in [-0.1, -0.05) is 20.8 Å². The number of rotatable bonds is 6. The van der Waals surface area contributed by atoms with E-state index in [9.17, 15) is 0 Å². The van der Waals surface area contributed by atoms with Gasteiger partial charge >= 0.3 is 0 Å². The fourth-order valence-electron chi connectivity index (χ4n) is 3.32. The Morgan fingerprint density at radius 2 is 1.84 bits per heavy atom. The number of halogens is 1. The van der Waals surface area contributed by atoms with Crippen molar-refractivity contribution in [2.24, 2.45) is 5.41 Å². The van der Waals surface area contributed by atoms with Crippen LogP contribution in [0.25, 0.3) is 0 Å². The zero-order chi connectivity index (χ0) is 13.9. The molecule has 1 N–H and O–H groups in total. The lowest BCUT2D eigenvalue weighted by atomic mass is 9.58. The molecule has 1 aromatic carbocycles. The molecule has 1 aliphatic carbocycles. The quantitative estimate of drug-likeness (QED) is 0.754. The average Bonchev–Trinajstić information content (AvgIpc) is 2.41. The maximum absolute atomic E-state index is 6.24. The van der Waals surface area contributed by atoms with Crippen molar-refractivity contribution in [2.75, 3.05) is 6.54 Å². The summed E-state index contributed by atoms with van der Waals surface area (Å²) in [7, 11) is 0. The van der Waals surface area contributed by atoms with Crippen LogP contribution in [0.15, 0.2) is 24.3 Å². The first-order valence-electron chi connectivity index (χ1n) is 7.31. The Hall–Kier alpha value is -0.290. The number of nitrogens with one attached hydrogen (secondary N) is 1. The molecule has 2 atom stereocenters. The zero-order valence-electron chi connectivity index (χ0n) is 12.1. The molecular weight excluding hydrogens is 349 g/mol. The molecule has 0 saturated heterocycles. The molecule has 1 saturated carbocycles. The first-order valence-corrected chi connectivity index (χ1v) is 8.39. The SMILES string of the molecule is CCNC1CC(Oc2ccc(I)cc2)C1(CC)CC. The molecule has 2 rings (SSSR count). The van der Waals surface area contributed by atoms with E-state index < -0.39 is 0 Å². The van der Waals surface area contributed by atoms with Crippen LogP contribution in [0.4, 0.5) is 0 Å². The van der Waals surface area contributed by atoms with Crippen molar-refractivity contribution in [3.8, 4) is 5.75 Å². The first-order chi connectivity index (χ1) is 9.16. The molecule has 3 heteroatoms. The normalized spacial score (nSPS) is 24.8. The number of hydrogen-bond acceptors (Lipinski definition) is 2. The van der Waals surface area contributed by atoms with Gasteiger partial charge < -0.3 is 10.1 Å². The van der Waals surface area contributed by atoms with E-state index in [-0.39, 0.29) is 0 Å². The Morgan fingerprint density at radius 1 is 1.21 bits per heavy atom. The van der Waals surface area contributed by atoms with Crippen molar-refractivity contribution in [3.05, 3.63) is 27.8 Å². The van der Waals surface area contributed by atoms with Gasteiger partial charge in [0, 0.05) is 21.4 Å². The van der Waals surface area contributed by atoms with E-state index in [0.717, 1.165) is 18.7 Å². The lowest BCUT2D eigenvalue weighted by Crippen LogP contribution is -2.64. The molecule has 106 valence electrons. The van der Waals surface area contributed by atoms with Gasteiger partial charge in [0.25, 0.3) is 0 Å². The van der Waals surface area contributed by atoms with Crippen molar-refractivity contribution >= 4 is 22.6 Å². The van der Waals surface area contributed by atoms with Crippen LogP contribution in [-0.2, 0) is 0 Å². The summed E-state index contributed by atoms with van der Waals surface area (Å²) in [5, 5.41) is 3.62. The summed E-state index contributed by atoms with van der Waals surface area (Å²) in [5.41, 5.74) is 0.305. The molecule has 1 aliphatic rings. The predicted octanol–water partition coefficient (Wildman–Crippen LogP) is 4.23. The van der Waals surface area contributed by atoms with E-state index in [1.54, 1.807) is 0 Å². The Kier molecular flexibility index (Phi) is 5.12. The van der Waals surface area contributed by atoms with Crippen molar-refractivity contribution < 1.29 is 4.74 Å². The summed E-state index contributed by atoms with van der Waals surface area (Å²) in [5.74, 6) is 1.01. The second-order valence-electron chi connectivity index (χ2n) is 5.35. The molecule has 1 aromatic rings. The van der Waals surface area contributed by atoms with Gasteiger partial charge in [0.15, 0.2) is 0 Å². The smallest absolute Gasteiger partial charge is 0.119 e. The lowest BCUT2D eigenvalue weighted by molar-refractivity contribution is -0.0854. The fraction of sp³-hybridized carbons (Fsp3) is 0.625. The van der Waals surface area contributed by atoms with Gasteiger partial charge in [0.2, 0.25) is 0 Å². The van der Waals surface area contributed by atoms with Crippen LogP contribution in [0.3, 0.4) is 0 Å². The molecule has 2 unspecified atom stereocenters. The third-order valence-corrected chi connectivity index (χ3v) is 5.36. The van der Waals surface area contributed by atoms with E-state index >= 15 is 0 Å². The largest absolute Gasteiger partial charge is 0.490 e. The van der Waals surface area contributed by atoms with Gasteiger partial charge in [0.05, 0.1) is 0 Å². The van der Waals surface area contributed by atoms with E-state index in [1.807, 2.05) is 0 Å². The molecule has 2 nitrogen and oxygen atoms in total. The highest BCUT2D eigenvalue weighted by Crippen LogP contribution is 2.48. The molecule has 0 spiro atoms. The van der Waals surface area contributed by atoms with Gasteiger partial charge in [-0.2, -0.15) is 0 Å². The van der Waals surface area contributed by atoms with E-state index in [4.69, 9.17) is 4.74 Å². The van der Waals surface area contributed by atoms with Crippen LogP contribution < -0.4 is 10.1 Å². The third-order valence-electron chi connectivity index (χ3n) is 4.64. The molecule has 1 fully saturated rings. The van der Waals surface area contributed by atoms with Gasteiger partial charge in [-0.15, -0.1) is 0 Å². The second kappa shape index (κ2) is 6.44. The highest BCUT2D eigenvalue weighted by molar-refractivity contribution is 14.1. The molecule has 0 heterocycles. The van der Waals surface area contributed by atoms with Gasteiger partial charge in [-0.3, -0.25) is 0 Å². The minimum absolute atomic E-state index is 0.305. The van der Waals surface area contributed by atoms with Crippen molar-refractivity contribution in [2.45, 2.75) is 52.2 Å². The fourth-order valence-corrected chi connectivity index (χ4v) is 3.68. The third kappa shape index (κ3) is 2.92. The number of ether oxygens (including phenoxy) is 1. The monoisotopic (exact) mass is 373 g/mol. The maximum atomic E-state index is 6.24. The van der Waals surface area contributed by atoms with E-state index in [1.165, 1.54) is 16.4 Å². The summed E-state index contributed by atoms with van der Waals surface area (Å²) in [6.07, 6.45) is 3.83. The van der Waals surface area contributed by atoms with Gasteiger partial charge in [0.1, 0.15) is 11.9 Å². The van der Waals surface area contributed by atoms with Crippen LogP contribution in [0.1, 0.15) is 40.0 Å². The molecular formula is C16H24INO. The Labute approximate surface area is 130 Å². The van der Waals surface area contributed by atoms with Gasteiger partial charge in [-0.05, 0) is 66.2 Å². The van der Waals surface area contributed by atoms with Crippen LogP contribution in [-0.4, -0.2) is 18.7 Å². The number of hydrogen-bond donors (Lipinski definition) is 1. The topological polar surface area (TPSA) is 21.3 Å². The molecule has 0 bridgehead atoms. The minimum atomic E-state index is 0.305. The molecule has 0 amide bonds. The summed E-state index contributed by atoms with van der Waals surface area (Å²) in [4.78, 5) is 0. The van der Waals surface area contributed by atoms with Crippen molar-refractivity contribution in [3.63, 3.8) is 0 Å². The molecule has 0 aliphatic heterocycles. The Morgan fingerprint density at radius 3 is 2.37 bits per heavy atom. The highest BCUT2D eigenvalue weighted by Gasteiger charge is 2.53. The predicted molar refractivity (Wildman–Crippen MR) is 88.7 cm³/mol. The average molecular weight is 373 g/mol. The summed E-state index contributed by atoms with van der Waals surface area (Å²) in [6.45, 7) is 7.81. The van der Waals surface area contributed by atoms with Crippen LogP contribution in [0.2, 0.25) is 0 Å². The summed E-state index contributed by atoms with van der Waals surface area (Å²) < 4.78 is 7.49. The number of benzene rings is 1. The van der Waals surface area contributed by atoms with E-state index in [0.29, 0.717) is 17.6 Å². The molecule has 19 heavy (non-hydrogen) atoms. The molecule has 0 aromatic heterocycles. The first kappa shape index (κ1) is 15.1. The highest BCUT2D eigenvalue weighted by atomic mass is 127. The van der Waals surface area contributed by atoms with Crippen molar-refractivity contribution in [1.82, 2.24) is 5.32 Å². The van der Waals surface area contributed by atoms with Crippen LogP contribution in [0.5, 0.6) is 5.75 Å². The Bertz CT molecular complexity index is 400. The van der Waals surface area contributed by atoms with Crippen LogP contribution >= 0.6 is 22.6 Å². The molecule has 0 radical (unpaired) electrons. The minimum Gasteiger partial charge on any atom is -0.490 e.